The fraction of sp³-hybridized carbons (Fsp3) is 0.240. The highest BCUT2D eigenvalue weighted by Gasteiger charge is 2.46. The quantitative estimate of drug-likeness (QED) is 0.662. The highest BCUT2D eigenvalue weighted by atomic mass is 19.1. The minimum absolute atomic E-state index is 0.0140. The van der Waals surface area contributed by atoms with E-state index in [2.05, 4.69) is 6.07 Å². The monoisotopic (exact) mass is 403 g/mol. The van der Waals surface area contributed by atoms with Gasteiger partial charge in [0.15, 0.2) is 0 Å². The largest absolute Gasteiger partial charge is 0.507 e. The first kappa shape index (κ1) is 18.8. The average Bonchev–Trinajstić information content (AvgIpc) is 3.08. The fourth-order valence-corrected chi connectivity index (χ4v) is 4.66. The SMILES string of the molecule is O=C(c1ccccc1O)N1CC2(CCOCC2)c2cc(-c3ccc(F)cc3)ccc21. The number of carbonyl (C=O) groups is 1. The molecule has 1 saturated heterocycles. The van der Waals surface area contributed by atoms with Gasteiger partial charge in [0.05, 0.1) is 5.56 Å². The fourth-order valence-electron chi connectivity index (χ4n) is 4.66. The van der Waals surface area contributed by atoms with E-state index in [9.17, 15) is 14.3 Å². The van der Waals surface area contributed by atoms with Gasteiger partial charge in [-0.05, 0) is 65.9 Å². The Morgan fingerprint density at radius 3 is 2.40 bits per heavy atom. The number of rotatable bonds is 2. The smallest absolute Gasteiger partial charge is 0.262 e. The number of hydrogen-bond donors (Lipinski definition) is 1. The first-order chi connectivity index (χ1) is 14.6. The molecule has 0 radical (unpaired) electrons. The lowest BCUT2D eigenvalue weighted by atomic mass is 9.75. The van der Waals surface area contributed by atoms with Crippen LogP contribution in [0.4, 0.5) is 10.1 Å². The van der Waals surface area contributed by atoms with Gasteiger partial charge in [-0.15, -0.1) is 0 Å². The Bertz CT molecular complexity index is 1100. The summed E-state index contributed by atoms with van der Waals surface area (Å²) in [5.41, 5.74) is 4.05. The standard InChI is InChI=1S/C25H22FNO3/c26-19-8-5-17(6-9-19)18-7-10-22-21(15-18)25(11-13-30-14-12-25)16-27(22)24(29)20-3-1-2-4-23(20)28/h1-10,15,28H,11-14,16H2. The van der Waals surface area contributed by atoms with Crippen LogP contribution in [0.15, 0.2) is 66.7 Å². The van der Waals surface area contributed by atoms with Crippen LogP contribution in [0.2, 0.25) is 0 Å². The lowest BCUT2D eigenvalue weighted by Gasteiger charge is -2.34. The summed E-state index contributed by atoms with van der Waals surface area (Å²) in [6.45, 7) is 1.86. The molecular formula is C25H22FNO3. The number of aromatic hydroxyl groups is 1. The average molecular weight is 403 g/mol. The molecule has 152 valence electrons. The highest BCUT2D eigenvalue weighted by molar-refractivity contribution is 6.09. The molecule has 0 unspecified atom stereocenters. The van der Waals surface area contributed by atoms with Crippen molar-refractivity contribution in [2.75, 3.05) is 24.7 Å². The summed E-state index contributed by atoms with van der Waals surface area (Å²) in [6, 6.07) is 19.2. The van der Waals surface area contributed by atoms with Gasteiger partial charge in [0.2, 0.25) is 0 Å². The molecule has 3 aromatic rings. The molecule has 4 nitrogen and oxygen atoms in total. The maximum Gasteiger partial charge on any atom is 0.262 e. The van der Waals surface area contributed by atoms with Gasteiger partial charge in [-0.3, -0.25) is 4.79 Å². The van der Waals surface area contributed by atoms with Crippen LogP contribution >= 0.6 is 0 Å². The molecule has 2 aliphatic rings. The number of anilines is 1. The molecule has 0 bridgehead atoms. The Balaban J connectivity index is 1.60. The number of nitrogens with zero attached hydrogens (tertiary/aromatic N) is 1. The highest BCUT2D eigenvalue weighted by Crippen LogP contribution is 2.48. The van der Waals surface area contributed by atoms with Crippen LogP contribution < -0.4 is 4.90 Å². The van der Waals surface area contributed by atoms with Crippen LogP contribution in [0.1, 0.15) is 28.8 Å². The van der Waals surface area contributed by atoms with E-state index in [1.807, 2.05) is 12.1 Å². The minimum Gasteiger partial charge on any atom is -0.507 e. The van der Waals surface area contributed by atoms with E-state index in [1.54, 1.807) is 35.2 Å². The molecule has 2 aliphatic heterocycles. The lowest BCUT2D eigenvalue weighted by molar-refractivity contribution is 0.0547. The van der Waals surface area contributed by atoms with Crippen LogP contribution in [0, 0.1) is 5.82 Å². The van der Waals surface area contributed by atoms with Gasteiger partial charge in [-0.2, -0.15) is 0 Å². The van der Waals surface area contributed by atoms with Crippen molar-refractivity contribution in [1.82, 2.24) is 0 Å². The Kier molecular flexibility index (Phi) is 4.55. The molecule has 5 rings (SSSR count). The second kappa shape index (κ2) is 7.26. The summed E-state index contributed by atoms with van der Waals surface area (Å²) in [5, 5.41) is 10.2. The van der Waals surface area contributed by atoms with E-state index >= 15 is 0 Å². The summed E-state index contributed by atoms with van der Waals surface area (Å²) in [4.78, 5) is 15.1. The number of fused-ring (bicyclic) bond motifs is 2. The van der Waals surface area contributed by atoms with Crippen molar-refractivity contribution in [3.63, 3.8) is 0 Å². The van der Waals surface area contributed by atoms with Crippen molar-refractivity contribution in [2.24, 2.45) is 0 Å². The number of hydrogen-bond acceptors (Lipinski definition) is 3. The summed E-state index contributed by atoms with van der Waals surface area (Å²) in [5.74, 6) is -0.479. The predicted octanol–water partition coefficient (Wildman–Crippen LogP) is 4.91. The van der Waals surface area contributed by atoms with Gasteiger partial charge >= 0.3 is 0 Å². The van der Waals surface area contributed by atoms with Crippen LogP contribution in [-0.4, -0.2) is 30.8 Å². The number of ether oxygens (including phenoxy) is 1. The van der Waals surface area contributed by atoms with E-state index in [-0.39, 0.29) is 22.9 Å². The van der Waals surface area contributed by atoms with Crippen molar-refractivity contribution < 1.29 is 19.0 Å². The van der Waals surface area contributed by atoms with Gasteiger partial charge < -0.3 is 14.7 Å². The number of carbonyl (C=O) groups excluding carboxylic acids is 1. The van der Waals surface area contributed by atoms with Crippen LogP contribution in [0.3, 0.4) is 0 Å². The van der Waals surface area contributed by atoms with E-state index in [4.69, 9.17) is 4.74 Å². The Labute approximate surface area is 174 Å². The molecule has 1 spiro atoms. The molecule has 0 atom stereocenters. The van der Waals surface area contributed by atoms with Crippen molar-refractivity contribution in [3.05, 3.63) is 83.7 Å². The molecule has 3 aromatic carbocycles. The number of para-hydroxylation sites is 1. The van der Waals surface area contributed by atoms with Crippen LogP contribution in [0.5, 0.6) is 5.75 Å². The van der Waals surface area contributed by atoms with Gasteiger partial charge in [0.25, 0.3) is 5.91 Å². The Morgan fingerprint density at radius 1 is 0.967 bits per heavy atom. The van der Waals surface area contributed by atoms with E-state index < -0.39 is 0 Å². The molecule has 0 saturated carbocycles. The summed E-state index contributed by atoms with van der Waals surface area (Å²) in [6.07, 6.45) is 1.66. The van der Waals surface area contributed by atoms with Crippen LogP contribution in [0.25, 0.3) is 11.1 Å². The molecular weight excluding hydrogens is 381 g/mol. The van der Waals surface area contributed by atoms with Gasteiger partial charge in [-0.1, -0.05) is 30.3 Å². The van der Waals surface area contributed by atoms with Crippen molar-refractivity contribution in [2.45, 2.75) is 18.3 Å². The Hall–Kier alpha value is -3.18. The van der Waals surface area contributed by atoms with Crippen molar-refractivity contribution >= 4 is 11.6 Å². The topological polar surface area (TPSA) is 49.8 Å². The van der Waals surface area contributed by atoms with Gasteiger partial charge in [-0.25, -0.2) is 4.39 Å². The van der Waals surface area contributed by atoms with E-state index in [0.29, 0.717) is 25.3 Å². The molecule has 1 N–H and O–H groups in total. The molecule has 2 heterocycles. The maximum atomic E-state index is 13.4. The zero-order valence-corrected chi connectivity index (χ0v) is 16.5. The second-order valence-corrected chi connectivity index (χ2v) is 8.04. The number of amides is 1. The normalized spacial score (nSPS) is 17.2. The zero-order valence-electron chi connectivity index (χ0n) is 16.5. The van der Waals surface area contributed by atoms with Crippen molar-refractivity contribution in [3.8, 4) is 16.9 Å². The van der Waals surface area contributed by atoms with Gasteiger partial charge in [0.1, 0.15) is 11.6 Å². The molecule has 5 heteroatoms. The third kappa shape index (κ3) is 3.06. The van der Waals surface area contributed by atoms with E-state index in [1.165, 1.54) is 18.2 Å². The molecule has 30 heavy (non-hydrogen) atoms. The van der Waals surface area contributed by atoms with Crippen LogP contribution in [-0.2, 0) is 10.2 Å². The van der Waals surface area contributed by atoms with Gasteiger partial charge in [0, 0.05) is 30.9 Å². The third-order valence-electron chi connectivity index (χ3n) is 6.33. The molecule has 1 fully saturated rings. The molecule has 0 aliphatic carbocycles. The summed E-state index contributed by atoms with van der Waals surface area (Å²) in [7, 11) is 0. The molecule has 1 amide bonds. The maximum absolute atomic E-state index is 13.4. The summed E-state index contributed by atoms with van der Waals surface area (Å²) < 4.78 is 19.0. The number of phenolic OH excluding ortho intramolecular Hbond substituents is 1. The zero-order chi connectivity index (χ0) is 20.7. The second-order valence-electron chi connectivity index (χ2n) is 8.04. The first-order valence-corrected chi connectivity index (χ1v) is 10.2. The minimum atomic E-state index is -0.264. The number of phenols is 1. The lowest BCUT2D eigenvalue weighted by Crippen LogP contribution is -2.40. The summed E-state index contributed by atoms with van der Waals surface area (Å²) >= 11 is 0. The molecule has 0 aromatic heterocycles. The van der Waals surface area contributed by atoms with E-state index in [0.717, 1.165) is 35.2 Å². The first-order valence-electron chi connectivity index (χ1n) is 10.2. The number of benzene rings is 3. The Morgan fingerprint density at radius 2 is 1.67 bits per heavy atom. The van der Waals surface area contributed by atoms with Crippen molar-refractivity contribution in [1.29, 1.82) is 0 Å². The number of halogens is 1. The predicted molar refractivity (Wildman–Crippen MR) is 113 cm³/mol. The third-order valence-corrected chi connectivity index (χ3v) is 6.33.